The zero-order valence-corrected chi connectivity index (χ0v) is 27.1. The first kappa shape index (κ1) is 35.4. The average molecular weight is 599 g/mol. The number of rotatable bonds is 21. The lowest BCUT2D eigenvalue weighted by atomic mass is 10.3. The van der Waals surface area contributed by atoms with Crippen molar-refractivity contribution in [2.45, 2.75) is 97.2 Å². The van der Waals surface area contributed by atoms with E-state index in [-0.39, 0.29) is 18.3 Å². The lowest BCUT2D eigenvalue weighted by Gasteiger charge is -2.36. The molecule has 0 atom stereocenters. The summed E-state index contributed by atoms with van der Waals surface area (Å²) in [6.07, 6.45) is 1.51. The Bertz CT molecular complexity index is 573. The van der Waals surface area contributed by atoms with E-state index in [1.54, 1.807) is 0 Å². The van der Waals surface area contributed by atoms with E-state index in [2.05, 4.69) is 0 Å². The van der Waals surface area contributed by atoms with Crippen LogP contribution in [0.15, 0.2) is 0 Å². The van der Waals surface area contributed by atoms with Crippen LogP contribution in [0.2, 0.25) is 6.04 Å². The van der Waals surface area contributed by atoms with Crippen LogP contribution in [0.3, 0.4) is 0 Å². The molecule has 232 valence electrons. The molecule has 0 spiro atoms. The molecule has 0 aliphatic carbocycles. The summed E-state index contributed by atoms with van der Waals surface area (Å²) in [5.74, 6) is 0.918. The van der Waals surface area contributed by atoms with Gasteiger partial charge in [0.1, 0.15) is 18.3 Å². The van der Waals surface area contributed by atoms with E-state index in [1.165, 1.54) is 0 Å². The van der Waals surface area contributed by atoms with Crippen LogP contribution in [0.5, 0.6) is 0 Å². The second-order valence-electron chi connectivity index (χ2n) is 10.5. The Kier molecular flexibility index (Phi) is 16.9. The van der Waals surface area contributed by atoms with Crippen LogP contribution in [0.1, 0.15) is 61.3 Å². The molecule has 0 radical (unpaired) electrons. The van der Waals surface area contributed by atoms with Crippen molar-refractivity contribution in [3.8, 4) is 0 Å². The lowest BCUT2D eigenvalue weighted by Crippen LogP contribution is -2.46. The van der Waals surface area contributed by atoms with Crippen LogP contribution in [-0.4, -0.2) is 116 Å². The van der Waals surface area contributed by atoms with Crippen molar-refractivity contribution in [1.29, 1.82) is 0 Å². The van der Waals surface area contributed by atoms with Gasteiger partial charge in [0.25, 0.3) is 0 Å². The Morgan fingerprint density at radius 2 is 1.15 bits per heavy atom. The second-order valence-corrected chi connectivity index (χ2v) is 14.5. The SMILES string of the molecule is CCO[Si](CCCSCCCOC(COC1COC(C)(C)OC1)COC1COC(C)(C)OC1)(OCC)OCC. The predicted octanol–water partition coefficient (Wildman–Crippen LogP) is 4.27. The minimum atomic E-state index is -2.55. The van der Waals surface area contributed by atoms with Gasteiger partial charge in [-0.05, 0) is 72.8 Å². The maximum atomic E-state index is 6.18. The molecule has 0 unspecified atom stereocenters. The normalized spacial score (nSPS) is 20.6. The summed E-state index contributed by atoms with van der Waals surface area (Å²) in [5.41, 5.74) is 0. The summed E-state index contributed by atoms with van der Waals surface area (Å²) >= 11 is 1.92. The summed E-state index contributed by atoms with van der Waals surface area (Å²) in [4.78, 5) is 0. The van der Waals surface area contributed by atoms with E-state index >= 15 is 0 Å². The van der Waals surface area contributed by atoms with Crippen molar-refractivity contribution in [3.05, 3.63) is 0 Å². The Morgan fingerprint density at radius 1 is 0.718 bits per heavy atom. The highest BCUT2D eigenvalue weighted by molar-refractivity contribution is 7.99. The molecule has 12 heteroatoms. The van der Waals surface area contributed by atoms with Gasteiger partial charge in [0.05, 0.1) is 39.6 Å². The first-order chi connectivity index (χ1) is 18.6. The second kappa shape index (κ2) is 18.7. The number of thioether (sulfide) groups is 1. The predicted molar refractivity (Wildman–Crippen MR) is 153 cm³/mol. The summed E-state index contributed by atoms with van der Waals surface area (Å²) in [5, 5.41) is 0. The molecule has 0 amide bonds. The maximum absolute atomic E-state index is 6.18. The Hall–Kier alpha value is 0.167. The Balaban J connectivity index is 1.68. The molecule has 2 aliphatic rings. The highest BCUT2D eigenvalue weighted by atomic mass is 32.2. The fourth-order valence-corrected chi connectivity index (χ4v) is 7.83. The fraction of sp³-hybridized carbons (Fsp3) is 1.00. The molecule has 2 saturated heterocycles. The van der Waals surface area contributed by atoms with Gasteiger partial charge < -0.3 is 46.4 Å². The van der Waals surface area contributed by atoms with Gasteiger partial charge in [-0.1, -0.05) is 0 Å². The van der Waals surface area contributed by atoms with Crippen LogP contribution in [0.4, 0.5) is 0 Å². The van der Waals surface area contributed by atoms with Gasteiger partial charge in [-0.3, -0.25) is 0 Å². The monoisotopic (exact) mass is 598 g/mol. The zero-order valence-electron chi connectivity index (χ0n) is 25.3. The topological polar surface area (TPSA) is 92.3 Å². The molecule has 10 nitrogen and oxygen atoms in total. The van der Waals surface area contributed by atoms with Crippen LogP contribution >= 0.6 is 11.8 Å². The minimum Gasteiger partial charge on any atom is -0.374 e. The van der Waals surface area contributed by atoms with Crippen LogP contribution in [0, 0.1) is 0 Å². The first-order valence-corrected chi connectivity index (χ1v) is 17.6. The standard InChI is InChI=1S/C27H54O10SSi/c1-8-35-39(36-9-2,37-10-3)16-12-15-38-14-11-13-28-23(17-29-24-19-31-26(4,5)32-20-24)18-30-25-21-33-27(6,7)34-22-25/h23-25H,8-22H2,1-7H3. The Labute approximate surface area is 241 Å². The molecule has 0 N–H and O–H groups in total. The minimum absolute atomic E-state index is 0.123. The highest BCUT2D eigenvalue weighted by Crippen LogP contribution is 2.22. The third-order valence-corrected chi connectivity index (χ3v) is 10.5. The molecular formula is C27H54O10SSi. The van der Waals surface area contributed by atoms with Gasteiger partial charge >= 0.3 is 8.80 Å². The molecule has 2 aliphatic heterocycles. The van der Waals surface area contributed by atoms with Crippen molar-refractivity contribution < 1.29 is 46.4 Å². The zero-order chi connectivity index (χ0) is 28.6. The van der Waals surface area contributed by atoms with E-state index in [0.717, 1.165) is 30.4 Å². The smallest absolute Gasteiger partial charge is 0.374 e. The van der Waals surface area contributed by atoms with Gasteiger partial charge in [0.15, 0.2) is 11.6 Å². The lowest BCUT2D eigenvalue weighted by molar-refractivity contribution is -0.287. The first-order valence-electron chi connectivity index (χ1n) is 14.5. The molecule has 2 rings (SSSR count). The van der Waals surface area contributed by atoms with E-state index in [9.17, 15) is 0 Å². The number of hydrogen-bond donors (Lipinski definition) is 0. The molecule has 0 aromatic rings. The maximum Gasteiger partial charge on any atom is 0.500 e. The third kappa shape index (κ3) is 14.8. The van der Waals surface area contributed by atoms with Crippen molar-refractivity contribution in [3.63, 3.8) is 0 Å². The molecule has 0 aromatic heterocycles. The molecule has 0 saturated carbocycles. The van der Waals surface area contributed by atoms with Gasteiger partial charge in [0, 0.05) is 32.5 Å². The van der Waals surface area contributed by atoms with Gasteiger partial charge in [-0.2, -0.15) is 11.8 Å². The molecule has 2 fully saturated rings. The van der Waals surface area contributed by atoms with Crippen molar-refractivity contribution in [2.75, 3.05) is 77.6 Å². The summed E-state index contributed by atoms with van der Waals surface area (Å²) in [6.45, 7) is 18.9. The average Bonchev–Trinajstić information content (AvgIpc) is 2.88. The summed E-state index contributed by atoms with van der Waals surface area (Å²) in [6, 6.07) is 0.848. The van der Waals surface area contributed by atoms with E-state index in [0.29, 0.717) is 66.1 Å². The summed E-state index contributed by atoms with van der Waals surface area (Å²) in [7, 11) is -2.55. The molecular weight excluding hydrogens is 544 g/mol. The largest absolute Gasteiger partial charge is 0.500 e. The number of hydrogen-bond acceptors (Lipinski definition) is 11. The van der Waals surface area contributed by atoms with Crippen molar-refractivity contribution in [2.24, 2.45) is 0 Å². The molecule has 0 bridgehead atoms. The van der Waals surface area contributed by atoms with Gasteiger partial charge in [0.2, 0.25) is 0 Å². The van der Waals surface area contributed by atoms with Crippen molar-refractivity contribution in [1.82, 2.24) is 0 Å². The number of ether oxygens (including phenoxy) is 7. The fourth-order valence-electron chi connectivity index (χ4n) is 4.08. The quantitative estimate of drug-likeness (QED) is 0.140. The van der Waals surface area contributed by atoms with Crippen molar-refractivity contribution >= 4 is 20.6 Å². The van der Waals surface area contributed by atoms with E-state index in [1.807, 2.05) is 60.2 Å². The van der Waals surface area contributed by atoms with Crippen LogP contribution < -0.4 is 0 Å². The third-order valence-electron chi connectivity index (χ3n) is 6.15. The van der Waals surface area contributed by atoms with E-state index < -0.39 is 20.4 Å². The molecule has 39 heavy (non-hydrogen) atoms. The molecule has 0 aromatic carbocycles. The van der Waals surface area contributed by atoms with Crippen LogP contribution in [-0.2, 0) is 46.4 Å². The Morgan fingerprint density at radius 3 is 1.59 bits per heavy atom. The van der Waals surface area contributed by atoms with Gasteiger partial charge in [-0.25, -0.2) is 0 Å². The van der Waals surface area contributed by atoms with Gasteiger partial charge in [-0.15, -0.1) is 0 Å². The molecule has 2 heterocycles. The van der Waals surface area contributed by atoms with E-state index in [4.69, 9.17) is 46.4 Å². The highest BCUT2D eigenvalue weighted by Gasteiger charge is 2.39. The van der Waals surface area contributed by atoms with Crippen LogP contribution in [0.25, 0.3) is 0 Å². The summed E-state index contributed by atoms with van der Waals surface area (Å²) < 4.78 is 59.0.